The molecule has 5 rings (SSSR count). The van der Waals surface area contributed by atoms with Crippen LogP contribution in [-0.4, -0.2) is 0 Å². The van der Waals surface area contributed by atoms with Crippen LogP contribution in [0, 0.1) is 90.6 Å². The first kappa shape index (κ1) is 29.8. The van der Waals surface area contributed by atoms with Crippen molar-refractivity contribution in [1.82, 2.24) is 0 Å². The molecule has 210 valence electrons. The van der Waals surface area contributed by atoms with E-state index < -0.39 is 22.9 Å². The molecule has 3 aromatic rings. The van der Waals surface area contributed by atoms with Crippen molar-refractivity contribution >= 4 is 33.4 Å². The zero-order valence-corrected chi connectivity index (χ0v) is 22.9. The molecule has 0 saturated carbocycles. The zero-order valence-electron chi connectivity index (χ0n) is 22.9. The first-order valence-electron chi connectivity index (χ1n) is 12.8. The van der Waals surface area contributed by atoms with Crippen LogP contribution in [0.15, 0.2) is 65.7 Å². The van der Waals surface area contributed by atoms with Crippen LogP contribution < -0.4 is 0 Å². The molecule has 0 radical (unpaired) electrons. The van der Waals surface area contributed by atoms with E-state index in [4.69, 9.17) is 0 Å². The molecule has 11 heteroatoms. The lowest BCUT2D eigenvalue weighted by Crippen LogP contribution is -2.04. The second kappa shape index (κ2) is 11.2. The standard InChI is InChI=1S/C35H9F3N8/c36-35(37,38)23-7-5-20(6-8-23)30-27(16-45)34-25(32(30)22(13-42)14-43)9-24-31(21(11-40)12-41)29(19-3-1-18(10-39)2-4-19)26(15-44)33(24)28(34)17-46/h1-9H. The minimum atomic E-state index is -4.67. The Balaban J connectivity index is 1.97. The summed E-state index contributed by atoms with van der Waals surface area (Å²) in [6.45, 7) is 0. The quantitative estimate of drug-likeness (QED) is 0.283. The van der Waals surface area contributed by atoms with Gasteiger partial charge in [-0.15, -0.1) is 0 Å². The van der Waals surface area contributed by atoms with Crippen molar-refractivity contribution in [2.24, 2.45) is 0 Å². The molecule has 0 heterocycles. The molecule has 0 N–H and O–H groups in total. The van der Waals surface area contributed by atoms with E-state index in [0.29, 0.717) is 5.56 Å². The first-order valence-corrected chi connectivity index (χ1v) is 12.8. The molecule has 0 spiro atoms. The molecule has 2 aliphatic rings. The molecule has 0 bridgehead atoms. The minimum absolute atomic E-state index is 0.00551. The maximum Gasteiger partial charge on any atom is 0.416 e. The van der Waals surface area contributed by atoms with Crippen LogP contribution in [-0.2, 0) is 6.18 Å². The van der Waals surface area contributed by atoms with E-state index in [1.165, 1.54) is 30.3 Å². The molecule has 0 atom stereocenters. The summed E-state index contributed by atoms with van der Waals surface area (Å²) in [4.78, 5) is 0. The van der Waals surface area contributed by atoms with E-state index in [9.17, 15) is 55.3 Å². The first-order chi connectivity index (χ1) is 22.1. The predicted octanol–water partition coefficient (Wildman–Crippen LogP) is 6.95. The summed E-state index contributed by atoms with van der Waals surface area (Å²) in [5.74, 6) is 0. The molecule has 3 aromatic carbocycles. The van der Waals surface area contributed by atoms with Gasteiger partial charge in [-0.1, -0.05) is 24.3 Å². The average Bonchev–Trinajstić information content (AvgIpc) is 3.57. The van der Waals surface area contributed by atoms with E-state index in [1.807, 2.05) is 24.3 Å². The van der Waals surface area contributed by atoms with Crippen LogP contribution in [0.1, 0.15) is 50.1 Å². The van der Waals surface area contributed by atoms with Crippen molar-refractivity contribution in [3.8, 4) is 48.6 Å². The second-order valence-electron chi connectivity index (χ2n) is 9.64. The monoisotopic (exact) mass is 598 g/mol. The molecule has 0 fully saturated rings. The molecule has 2 aliphatic carbocycles. The van der Waals surface area contributed by atoms with E-state index >= 15 is 0 Å². The van der Waals surface area contributed by atoms with Crippen LogP contribution in [0.2, 0.25) is 0 Å². The molecule has 0 aromatic heterocycles. The minimum Gasteiger partial charge on any atom is -0.192 e. The maximum absolute atomic E-state index is 13.3. The summed E-state index contributed by atoms with van der Waals surface area (Å²) in [7, 11) is 0. The normalized spacial score (nSPS) is 12.7. The number of allylic oxidation sites excluding steroid dienone is 8. The molecule has 0 amide bonds. The fraction of sp³-hybridized carbons (Fsp3) is 0.0286. The van der Waals surface area contributed by atoms with E-state index in [0.717, 1.165) is 24.3 Å². The topological polar surface area (TPSA) is 190 Å². The molecule has 46 heavy (non-hydrogen) atoms. The van der Waals surface area contributed by atoms with Crippen LogP contribution in [0.5, 0.6) is 0 Å². The number of benzene rings is 3. The van der Waals surface area contributed by atoms with Crippen molar-refractivity contribution in [2.45, 2.75) is 6.18 Å². The third-order valence-corrected chi connectivity index (χ3v) is 7.45. The third-order valence-electron chi connectivity index (χ3n) is 7.45. The number of halogens is 3. The van der Waals surface area contributed by atoms with Gasteiger partial charge in [0.2, 0.25) is 0 Å². The molecular weight excluding hydrogens is 589 g/mol. The van der Waals surface area contributed by atoms with Gasteiger partial charge in [-0.25, -0.2) is 0 Å². The number of alkyl halides is 3. The number of fused-ring (bicyclic) bond motifs is 2. The van der Waals surface area contributed by atoms with Crippen molar-refractivity contribution in [3.63, 3.8) is 0 Å². The Morgan fingerprint density at radius 3 is 1.26 bits per heavy atom. The van der Waals surface area contributed by atoms with Gasteiger partial charge in [0, 0.05) is 33.4 Å². The second-order valence-corrected chi connectivity index (χ2v) is 9.64. The van der Waals surface area contributed by atoms with Gasteiger partial charge in [0.15, 0.2) is 0 Å². The SMILES string of the molecule is N#CC(C#N)=C1C(c2ccc(C#N)cc2)=C(C#N)c2c1cc1c(c2C#N)C(C#N)=C(c2ccc(C(F)(F)F)cc2)C1=C(C#N)C#N. The number of hydrogen-bond acceptors (Lipinski definition) is 8. The highest BCUT2D eigenvalue weighted by molar-refractivity contribution is 6.30. The summed E-state index contributed by atoms with van der Waals surface area (Å²) < 4.78 is 40.0. The molecular formula is C35H9F3N8. The van der Waals surface area contributed by atoms with Gasteiger partial charge in [0.1, 0.15) is 53.6 Å². The highest BCUT2D eigenvalue weighted by Gasteiger charge is 2.40. The Hall–Kier alpha value is -7.67. The number of nitrogens with zero attached hydrogens (tertiary/aromatic N) is 8. The smallest absolute Gasteiger partial charge is 0.192 e. The molecule has 8 nitrogen and oxygen atoms in total. The number of hydrogen-bond donors (Lipinski definition) is 0. The van der Waals surface area contributed by atoms with E-state index in [2.05, 4.69) is 0 Å². The largest absolute Gasteiger partial charge is 0.416 e. The molecule has 0 aliphatic heterocycles. The van der Waals surface area contributed by atoms with Gasteiger partial charge >= 0.3 is 6.18 Å². The Bertz CT molecular complexity index is 2370. The Kier molecular flexibility index (Phi) is 7.26. The van der Waals surface area contributed by atoms with Crippen LogP contribution >= 0.6 is 0 Å². The number of nitriles is 8. The van der Waals surface area contributed by atoms with Gasteiger partial charge in [0.05, 0.1) is 33.9 Å². The van der Waals surface area contributed by atoms with E-state index in [1.54, 1.807) is 24.3 Å². The average molecular weight is 599 g/mol. The summed E-state index contributed by atoms with van der Waals surface area (Å²) in [6.07, 6.45) is -4.67. The van der Waals surface area contributed by atoms with Crippen molar-refractivity contribution in [2.75, 3.05) is 0 Å². The lowest BCUT2D eigenvalue weighted by Gasteiger charge is -2.13. The zero-order chi connectivity index (χ0) is 33.3. The van der Waals surface area contributed by atoms with Crippen LogP contribution in [0.25, 0.3) is 33.4 Å². The summed E-state index contributed by atoms with van der Waals surface area (Å²) in [5, 5.41) is 80.2. The van der Waals surface area contributed by atoms with Gasteiger partial charge in [0.25, 0.3) is 0 Å². The van der Waals surface area contributed by atoms with Gasteiger partial charge in [-0.05, 0) is 52.6 Å². The van der Waals surface area contributed by atoms with Crippen molar-refractivity contribution in [3.05, 3.63) is 116 Å². The lowest BCUT2D eigenvalue weighted by molar-refractivity contribution is -0.137. The highest BCUT2D eigenvalue weighted by atomic mass is 19.4. The van der Waals surface area contributed by atoms with E-state index in [-0.39, 0.29) is 72.4 Å². The van der Waals surface area contributed by atoms with Crippen molar-refractivity contribution in [1.29, 1.82) is 42.1 Å². The summed E-state index contributed by atoms with van der Waals surface area (Å²) >= 11 is 0. The lowest BCUT2D eigenvalue weighted by atomic mass is 9.87. The van der Waals surface area contributed by atoms with Crippen LogP contribution in [0.3, 0.4) is 0 Å². The maximum atomic E-state index is 13.3. The van der Waals surface area contributed by atoms with Gasteiger partial charge < -0.3 is 0 Å². The Labute approximate surface area is 259 Å². The highest BCUT2D eigenvalue weighted by Crippen LogP contribution is 2.56. The fourth-order valence-electron chi connectivity index (χ4n) is 5.61. The summed E-state index contributed by atoms with van der Waals surface area (Å²) in [6, 6.07) is 26.1. The summed E-state index contributed by atoms with van der Waals surface area (Å²) in [5.41, 5.74) is -2.03. The van der Waals surface area contributed by atoms with Gasteiger partial charge in [-0.2, -0.15) is 55.3 Å². The fourth-order valence-corrected chi connectivity index (χ4v) is 5.61. The predicted molar refractivity (Wildman–Crippen MR) is 155 cm³/mol. The Morgan fingerprint density at radius 2 is 0.935 bits per heavy atom. The van der Waals surface area contributed by atoms with Crippen molar-refractivity contribution < 1.29 is 13.2 Å². The molecule has 0 unspecified atom stereocenters. The third kappa shape index (κ3) is 4.33. The van der Waals surface area contributed by atoms with Crippen LogP contribution in [0.4, 0.5) is 13.2 Å². The molecule has 0 saturated heterocycles. The Morgan fingerprint density at radius 1 is 0.522 bits per heavy atom. The number of rotatable bonds is 2. The van der Waals surface area contributed by atoms with Gasteiger partial charge in [-0.3, -0.25) is 0 Å².